The Hall–Kier alpha value is -1.53. The summed E-state index contributed by atoms with van der Waals surface area (Å²) in [4.78, 5) is 10.1. The van der Waals surface area contributed by atoms with Gasteiger partial charge in [0.2, 0.25) is 6.10 Å². The van der Waals surface area contributed by atoms with Gasteiger partial charge in [-0.25, -0.2) is 0 Å². The molecule has 17 heavy (non-hydrogen) atoms. The number of carbonyl (C=O) groups is 1. The SMILES string of the molecule is O=COC(Cc1cn[nH]c1C1CC1)C(F)(F)F. The first-order chi connectivity index (χ1) is 8.02. The Morgan fingerprint density at radius 3 is 2.82 bits per heavy atom. The minimum absolute atomic E-state index is 0.172. The average Bonchev–Trinajstić information content (AvgIpc) is 2.98. The third kappa shape index (κ3) is 2.78. The van der Waals surface area contributed by atoms with Gasteiger partial charge in [-0.05, 0) is 18.4 Å². The predicted molar refractivity (Wildman–Crippen MR) is 51.3 cm³/mol. The van der Waals surface area contributed by atoms with Gasteiger partial charge < -0.3 is 4.74 Å². The van der Waals surface area contributed by atoms with E-state index in [4.69, 9.17) is 0 Å². The van der Waals surface area contributed by atoms with Gasteiger partial charge in [-0.1, -0.05) is 0 Å². The highest BCUT2D eigenvalue weighted by Crippen LogP contribution is 2.41. The molecule has 7 heteroatoms. The van der Waals surface area contributed by atoms with E-state index in [0.29, 0.717) is 5.56 Å². The molecule has 1 aliphatic rings. The van der Waals surface area contributed by atoms with Crippen molar-refractivity contribution in [3.63, 3.8) is 0 Å². The number of aromatic nitrogens is 2. The molecule has 0 bridgehead atoms. The Balaban J connectivity index is 2.11. The van der Waals surface area contributed by atoms with Gasteiger partial charge >= 0.3 is 6.18 Å². The van der Waals surface area contributed by atoms with Gasteiger partial charge in [0.25, 0.3) is 6.47 Å². The highest BCUT2D eigenvalue weighted by molar-refractivity contribution is 5.38. The van der Waals surface area contributed by atoms with Crippen LogP contribution in [0.4, 0.5) is 13.2 Å². The summed E-state index contributed by atoms with van der Waals surface area (Å²) in [6, 6.07) is 0. The summed E-state index contributed by atoms with van der Waals surface area (Å²) in [6.07, 6.45) is -3.76. The summed E-state index contributed by atoms with van der Waals surface area (Å²) in [5, 5.41) is 6.45. The second-order valence-electron chi connectivity index (χ2n) is 4.05. The molecule has 0 spiro atoms. The van der Waals surface area contributed by atoms with E-state index in [9.17, 15) is 18.0 Å². The molecule has 1 atom stereocenters. The maximum atomic E-state index is 12.5. The number of nitrogens with zero attached hydrogens (tertiary/aromatic N) is 1. The second kappa shape index (κ2) is 4.38. The molecule has 0 saturated heterocycles. The molecule has 1 aromatic heterocycles. The highest BCUT2D eigenvalue weighted by Gasteiger charge is 2.42. The van der Waals surface area contributed by atoms with Crippen LogP contribution >= 0.6 is 0 Å². The zero-order chi connectivity index (χ0) is 12.5. The smallest absolute Gasteiger partial charge is 0.425 e. The zero-order valence-electron chi connectivity index (χ0n) is 8.83. The van der Waals surface area contributed by atoms with E-state index in [-0.39, 0.29) is 18.8 Å². The van der Waals surface area contributed by atoms with E-state index in [1.807, 2.05) is 0 Å². The van der Waals surface area contributed by atoms with Gasteiger partial charge in [0.15, 0.2) is 0 Å². The Kier molecular flexibility index (Phi) is 3.08. The summed E-state index contributed by atoms with van der Waals surface area (Å²) in [5.41, 5.74) is 1.20. The maximum Gasteiger partial charge on any atom is 0.425 e. The highest BCUT2D eigenvalue weighted by atomic mass is 19.4. The number of hydrogen-bond donors (Lipinski definition) is 1. The number of nitrogens with one attached hydrogen (secondary N) is 1. The summed E-state index contributed by atoms with van der Waals surface area (Å²) in [7, 11) is 0. The van der Waals surface area contributed by atoms with Crippen molar-refractivity contribution in [2.24, 2.45) is 0 Å². The zero-order valence-corrected chi connectivity index (χ0v) is 8.83. The van der Waals surface area contributed by atoms with E-state index < -0.39 is 12.3 Å². The molecule has 1 aliphatic carbocycles. The summed E-state index contributed by atoms with van der Waals surface area (Å²) < 4.78 is 41.7. The van der Waals surface area contributed by atoms with Gasteiger partial charge in [-0.15, -0.1) is 0 Å². The number of hydrogen-bond acceptors (Lipinski definition) is 3. The lowest BCUT2D eigenvalue weighted by Gasteiger charge is -2.18. The van der Waals surface area contributed by atoms with Gasteiger partial charge in [-0.3, -0.25) is 9.89 Å². The van der Waals surface area contributed by atoms with Crippen LogP contribution in [-0.4, -0.2) is 28.9 Å². The Labute approximate surface area is 95.1 Å². The number of aromatic amines is 1. The second-order valence-corrected chi connectivity index (χ2v) is 4.05. The van der Waals surface area contributed by atoms with Crippen molar-refractivity contribution < 1.29 is 22.7 Å². The molecule has 1 N–H and O–H groups in total. The quantitative estimate of drug-likeness (QED) is 0.810. The van der Waals surface area contributed by atoms with Gasteiger partial charge in [0.1, 0.15) is 0 Å². The number of rotatable bonds is 5. The number of ether oxygens (including phenoxy) is 1. The van der Waals surface area contributed by atoms with Crippen molar-refractivity contribution in [1.82, 2.24) is 10.2 Å². The lowest BCUT2D eigenvalue weighted by molar-refractivity contribution is -0.213. The van der Waals surface area contributed by atoms with Crippen LogP contribution in [0.15, 0.2) is 6.20 Å². The number of H-pyrrole nitrogens is 1. The summed E-state index contributed by atoms with van der Waals surface area (Å²) in [6.45, 7) is -0.172. The first-order valence-corrected chi connectivity index (χ1v) is 5.20. The molecule has 94 valence electrons. The predicted octanol–water partition coefficient (Wildman–Crippen LogP) is 1.93. The van der Waals surface area contributed by atoms with E-state index in [0.717, 1.165) is 18.5 Å². The molecule has 1 fully saturated rings. The number of halogens is 3. The third-order valence-corrected chi connectivity index (χ3v) is 2.73. The Bertz CT molecular complexity index is 399. The van der Waals surface area contributed by atoms with E-state index in [1.54, 1.807) is 0 Å². The standard InChI is InChI=1S/C10H11F3N2O2/c11-10(12,13)8(17-5-16)3-7-4-14-15-9(7)6-1-2-6/h4-6,8H,1-3H2,(H,14,15). The van der Waals surface area contributed by atoms with E-state index >= 15 is 0 Å². The molecule has 4 nitrogen and oxygen atoms in total. The first kappa shape index (κ1) is 11.9. The fourth-order valence-electron chi connectivity index (χ4n) is 1.72. The molecule has 0 aromatic carbocycles. The van der Waals surface area contributed by atoms with Gasteiger partial charge in [-0.2, -0.15) is 18.3 Å². The van der Waals surface area contributed by atoms with Crippen LogP contribution < -0.4 is 0 Å². The third-order valence-electron chi connectivity index (χ3n) is 2.73. The number of carbonyl (C=O) groups excluding carboxylic acids is 1. The topological polar surface area (TPSA) is 55.0 Å². The van der Waals surface area contributed by atoms with Crippen molar-refractivity contribution in [3.05, 3.63) is 17.5 Å². The largest absolute Gasteiger partial charge is 0.455 e. The van der Waals surface area contributed by atoms with Crippen molar-refractivity contribution in [2.45, 2.75) is 37.5 Å². The molecule has 1 saturated carbocycles. The molecule has 1 aromatic rings. The molecule has 1 unspecified atom stereocenters. The van der Waals surface area contributed by atoms with E-state index in [1.165, 1.54) is 6.20 Å². The van der Waals surface area contributed by atoms with Crippen molar-refractivity contribution >= 4 is 6.47 Å². The lowest BCUT2D eigenvalue weighted by Crippen LogP contribution is -2.33. The number of alkyl halides is 3. The van der Waals surface area contributed by atoms with Crippen LogP contribution in [-0.2, 0) is 16.0 Å². The Morgan fingerprint density at radius 2 is 2.29 bits per heavy atom. The van der Waals surface area contributed by atoms with Crippen LogP contribution in [0.25, 0.3) is 0 Å². The molecule has 2 rings (SSSR count). The fraction of sp³-hybridized carbons (Fsp3) is 0.600. The molecule has 0 radical (unpaired) electrons. The molecule has 0 aliphatic heterocycles. The Morgan fingerprint density at radius 1 is 1.59 bits per heavy atom. The van der Waals surface area contributed by atoms with Crippen LogP contribution in [0.2, 0.25) is 0 Å². The molecular weight excluding hydrogens is 237 g/mol. The molecular formula is C10H11F3N2O2. The molecule has 0 amide bonds. The van der Waals surface area contributed by atoms with Gasteiger partial charge in [0, 0.05) is 18.0 Å². The van der Waals surface area contributed by atoms with Crippen LogP contribution in [0.1, 0.15) is 30.0 Å². The average molecular weight is 248 g/mol. The van der Waals surface area contributed by atoms with Crippen LogP contribution in [0.5, 0.6) is 0 Å². The normalized spacial score (nSPS) is 17.8. The van der Waals surface area contributed by atoms with Crippen LogP contribution in [0, 0.1) is 0 Å². The minimum Gasteiger partial charge on any atom is -0.455 e. The van der Waals surface area contributed by atoms with Gasteiger partial charge in [0.05, 0.1) is 6.20 Å². The minimum atomic E-state index is -4.56. The molecule has 1 heterocycles. The lowest BCUT2D eigenvalue weighted by atomic mass is 10.1. The summed E-state index contributed by atoms with van der Waals surface area (Å²) in [5.74, 6) is 0.276. The summed E-state index contributed by atoms with van der Waals surface area (Å²) >= 11 is 0. The van der Waals surface area contributed by atoms with Crippen molar-refractivity contribution in [3.8, 4) is 0 Å². The maximum absolute atomic E-state index is 12.5. The monoisotopic (exact) mass is 248 g/mol. The van der Waals surface area contributed by atoms with Crippen LogP contribution in [0.3, 0.4) is 0 Å². The van der Waals surface area contributed by atoms with Crippen molar-refractivity contribution in [2.75, 3.05) is 0 Å². The fourth-order valence-corrected chi connectivity index (χ4v) is 1.72. The first-order valence-electron chi connectivity index (χ1n) is 5.20. The van der Waals surface area contributed by atoms with Crippen molar-refractivity contribution in [1.29, 1.82) is 0 Å². The van der Waals surface area contributed by atoms with E-state index in [2.05, 4.69) is 14.9 Å².